The molecule has 1 aliphatic heterocycles. The van der Waals surface area contributed by atoms with Crippen molar-refractivity contribution in [2.75, 3.05) is 25.0 Å². The van der Waals surface area contributed by atoms with Crippen LogP contribution in [0.15, 0.2) is 18.2 Å². The normalized spacial score (nSPS) is 16.1. The molecule has 2 amide bonds. The summed E-state index contributed by atoms with van der Waals surface area (Å²) in [5, 5.41) is 5.46. The number of anilines is 1. The number of amides is 2. The molecule has 1 aromatic rings. The molecule has 1 saturated heterocycles. The Bertz CT molecular complexity index is 569. The van der Waals surface area contributed by atoms with E-state index in [1.54, 1.807) is 0 Å². The van der Waals surface area contributed by atoms with Gasteiger partial charge in [-0.1, -0.05) is 6.92 Å². The van der Waals surface area contributed by atoms with Gasteiger partial charge >= 0.3 is 0 Å². The van der Waals surface area contributed by atoms with Crippen molar-refractivity contribution in [3.63, 3.8) is 0 Å². The molecule has 0 aromatic heterocycles. The quantitative estimate of drug-likeness (QED) is 0.875. The lowest BCUT2D eigenvalue weighted by molar-refractivity contribution is -0.114. The van der Waals surface area contributed by atoms with Crippen LogP contribution in [0, 0.1) is 5.82 Å². The Balaban J connectivity index is 1.97. The number of carbonyl (C=O) groups is 2. The molecule has 1 aliphatic rings. The summed E-state index contributed by atoms with van der Waals surface area (Å²) < 4.78 is 13.9. The zero-order valence-electron chi connectivity index (χ0n) is 13.7. The number of halogens is 1. The van der Waals surface area contributed by atoms with E-state index in [1.807, 2.05) is 0 Å². The summed E-state index contributed by atoms with van der Waals surface area (Å²) in [6, 6.07) is 4.08. The zero-order valence-corrected chi connectivity index (χ0v) is 13.7. The minimum absolute atomic E-state index is 0.0350. The van der Waals surface area contributed by atoms with Crippen molar-refractivity contribution in [3.05, 3.63) is 29.6 Å². The summed E-state index contributed by atoms with van der Waals surface area (Å²) in [4.78, 5) is 25.7. The maximum Gasteiger partial charge on any atom is 0.254 e. The first-order valence-corrected chi connectivity index (χ1v) is 8.10. The summed E-state index contributed by atoms with van der Waals surface area (Å²) in [6.45, 7) is 6.50. The van der Waals surface area contributed by atoms with Crippen molar-refractivity contribution in [2.24, 2.45) is 0 Å². The smallest absolute Gasteiger partial charge is 0.254 e. The molecule has 6 heteroatoms. The van der Waals surface area contributed by atoms with Crippen LogP contribution < -0.4 is 10.6 Å². The zero-order chi connectivity index (χ0) is 16.8. The van der Waals surface area contributed by atoms with Gasteiger partial charge in [-0.15, -0.1) is 0 Å². The van der Waals surface area contributed by atoms with Gasteiger partial charge in [0.25, 0.3) is 5.91 Å². The fourth-order valence-electron chi connectivity index (χ4n) is 2.86. The SMILES string of the molecule is CCCN1CCC(NC(=O)c2cc(NC(C)=O)ccc2F)CC1. The Morgan fingerprint density at radius 1 is 1.30 bits per heavy atom. The highest BCUT2D eigenvalue weighted by atomic mass is 19.1. The summed E-state index contributed by atoms with van der Waals surface area (Å²) >= 11 is 0. The molecule has 2 rings (SSSR count). The van der Waals surface area contributed by atoms with E-state index in [1.165, 1.54) is 25.1 Å². The third-order valence-electron chi connectivity index (χ3n) is 3.99. The second kappa shape index (κ2) is 8.06. The maximum atomic E-state index is 13.9. The average molecular weight is 321 g/mol. The van der Waals surface area contributed by atoms with Crippen LogP contribution in [0.25, 0.3) is 0 Å². The van der Waals surface area contributed by atoms with Gasteiger partial charge in [0, 0.05) is 31.7 Å². The van der Waals surface area contributed by atoms with Crippen LogP contribution in [0.4, 0.5) is 10.1 Å². The van der Waals surface area contributed by atoms with Crippen LogP contribution in [-0.4, -0.2) is 42.4 Å². The molecule has 0 atom stereocenters. The van der Waals surface area contributed by atoms with E-state index in [0.717, 1.165) is 38.9 Å². The predicted octanol–water partition coefficient (Wildman–Crippen LogP) is 2.39. The van der Waals surface area contributed by atoms with E-state index in [0.29, 0.717) is 5.69 Å². The number of hydrogen-bond donors (Lipinski definition) is 2. The number of rotatable bonds is 5. The van der Waals surface area contributed by atoms with Gasteiger partial charge in [0.15, 0.2) is 0 Å². The van der Waals surface area contributed by atoms with Gasteiger partial charge in [-0.05, 0) is 44.0 Å². The first-order chi connectivity index (χ1) is 11.0. The standard InChI is InChI=1S/C17H24FN3O2/c1-3-8-21-9-6-13(7-10-21)20-17(23)15-11-14(19-12(2)22)4-5-16(15)18/h4-5,11,13H,3,6-10H2,1-2H3,(H,19,22)(H,20,23). The maximum absolute atomic E-state index is 13.9. The molecule has 1 heterocycles. The molecule has 0 radical (unpaired) electrons. The summed E-state index contributed by atoms with van der Waals surface area (Å²) in [6.07, 6.45) is 2.87. The van der Waals surface area contributed by atoms with Crippen molar-refractivity contribution in [1.82, 2.24) is 10.2 Å². The number of benzene rings is 1. The number of carbonyl (C=O) groups excluding carboxylic acids is 2. The number of piperidine rings is 1. The van der Waals surface area contributed by atoms with Crippen molar-refractivity contribution >= 4 is 17.5 Å². The molecule has 1 aromatic carbocycles. The third kappa shape index (κ3) is 5.03. The Kier molecular flexibility index (Phi) is 6.10. The second-order valence-corrected chi connectivity index (χ2v) is 5.97. The fourth-order valence-corrected chi connectivity index (χ4v) is 2.86. The molecule has 2 N–H and O–H groups in total. The van der Waals surface area contributed by atoms with E-state index >= 15 is 0 Å². The average Bonchev–Trinajstić information content (AvgIpc) is 2.51. The van der Waals surface area contributed by atoms with Gasteiger partial charge in [-0.3, -0.25) is 9.59 Å². The minimum atomic E-state index is -0.583. The first kappa shape index (κ1) is 17.4. The van der Waals surface area contributed by atoms with E-state index in [-0.39, 0.29) is 17.5 Å². The fraction of sp³-hybridized carbons (Fsp3) is 0.529. The minimum Gasteiger partial charge on any atom is -0.349 e. The summed E-state index contributed by atoms with van der Waals surface area (Å²) in [7, 11) is 0. The van der Waals surface area contributed by atoms with Crippen LogP contribution in [0.3, 0.4) is 0 Å². The van der Waals surface area contributed by atoms with Gasteiger partial charge < -0.3 is 15.5 Å². The Labute approximate surface area is 136 Å². The largest absolute Gasteiger partial charge is 0.349 e. The molecule has 0 aliphatic carbocycles. The lowest BCUT2D eigenvalue weighted by Crippen LogP contribution is -2.44. The number of likely N-dealkylation sites (tertiary alicyclic amines) is 1. The van der Waals surface area contributed by atoms with E-state index in [2.05, 4.69) is 22.5 Å². The van der Waals surface area contributed by atoms with Gasteiger partial charge in [-0.25, -0.2) is 4.39 Å². The highest BCUT2D eigenvalue weighted by Gasteiger charge is 2.22. The van der Waals surface area contributed by atoms with Crippen LogP contribution >= 0.6 is 0 Å². The third-order valence-corrected chi connectivity index (χ3v) is 3.99. The van der Waals surface area contributed by atoms with Crippen LogP contribution in [0.2, 0.25) is 0 Å². The van der Waals surface area contributed by atoms with Crippen molar-refractivity contribution in [1.29, 1.82) is 0 Å². The van der Waals surface area contributed by atoms with Crippen LogP contribution in [0.1, 0.15) is 43.5 Å². The number of nitrogens with one attached hydrogen (secondary N) is 2. The predicted molar refractivity (Wildman–Crippen MR) is 87.9 cm³/mol. The van der Waals surface area contributed by atoms with Crippen molar-refractivity contribution in [3.8, 4) is 0 Å². The van der Waals surface area contributed by atoms with Gasteiger partial charge in [0.05, 0.1) is 5.56 Å². The Hall–Kier alpha value is -1.95. The topological polar surface area (TPSA) is 61.4 Å². The lowest BCUT2D eigenvalue weighted by Gasteiger charge is -2.32. The second-order valence-electron chi connectivity index (χ2n) is 5.97. The molecule has 0 spiro atoms. The molecule has 0 saturated carbocycles. The van der Waals surface area contributed by atoms with Gasteiger partial charge in [-0.2, -0.15) is 0 Å². The molecule has 0 bridgehead atoms. The van der Waals surface area contributed by atoms with Crippen molar-refractivity contribution in [2.45, 2.75) is 39.2 Å². The van der Waals surface area contributed by atoms with E-state index < -0.39 is 11.7 Å². The molecule has 0 unspecified atom stereocenters. The van der Waals surface area contributed by atoms with Crippen LogP contribution in [0.5, 0.6) is 0 Å². The Morgan fingerprint density at radius 2 is 2.00 bits per heavy atom. The summed E-state index contributed by atoms with van der Waals surface area (Å²) in [5.41, 5.74) is 0.383. The van der Waals surface area contributed by atoms with Crippen molar-refractivity contribution < 1.29 is 14.0 Å². The molecule has 1 fully saturated rings. The monoisotopic (exact) mass is 321 g/mol. The first-order valence-electron chi connectivity index (χ1n) is 8.10. The Morgan fingerprint density at radius 3 is 2.61 bits per heavy atom. The molecule has 5 nitrogen and oxygen atoms in total. The molecule has 23 heavy (non-hydrogen) atoms. The summed E-state index contributed by atoms with van der Waals surface area (Å²) in [5.74, 6) is -1.27. The number of nitrogens with zero attached hydrogens (tertiary/aromatic N) is 1. The van der Waals surface area contributed by atoms with Gasteiger partial charge in [0.1, 0.15) is 5.82 Å². The molecular weight excluding hydrogens is 297 g/mol. The highest BCUT2D eigenvalue weighted by molar-refractivity contribution is 5.97. The lowest BCUT2D eigenvalue weighted by atomic mass is 10.0. The van der Waals surface area contributed by atoms with E-state index in [9.17, 15) is 14.0 Å². The van der Waals surface area contributed by atoms with E-state index in [4.69, 9.17) is 0 Å². The molecule has 126 valence electrons. The van der Waals surface area contributed by atoms with Crippen LogP contribution in [-0.2, 0) is 4.79 Å². The molecular formula is C17H24FN3O2. The highest BCUT2D eigenvalue weighted by Crippen LogP contribution is 2.17. The number of hydrogen-bond acceptors (Lipinski definition) is 3. The van der Waals surface area contributed by atoms with Gasteiger partial charge in [0.2, 0.25) is 5.91 Å².